The first kappa shape index (κ1) is 14.9. The maximum absolute atomic E-state index is 14.0. The lowest BCUT2D eigenvalue weighted by molar-refractivity contribution is 0.544. The molecule has 4 heteroatoms. The maximum Gasteiger partial charge on any atom is 0.149 e. The van der Waals surface area contributed by atoms with Gasteiger partial charge in [-0.3, -0.25) is 0 Å². The van der Waals surface area contributed by atoms with Crippen molar-refractivity contribution in [2.75, 3.05) is 19.0 Å². The van der Waals surface area contributed by atoms with Gasteiger partial charge >= 0.3 is 0 Å². The van der Waals surface area contributed by atoms with Gasteiger partial charge in [-0.1, -0.05) is 13.3 Å². The van der Waals surface area contributed by atoms with E-state index in [2.05, 4.69) is 12.2 Å². The Morgan fingerprint density at radius 3 is 2.28 bits per heavy atom. The van der Waals surface area contributed by atoms with Gasteiger partial charge in [-0.2, -0.15) is 0 Å². The van der Waals surface area contributed by atoms with Crippen LogP contribution in [-0.2, 0) is 6.54 Å². The zero-order chi connectivity index (χ0) is 13.7. The molecule has 1 unspecified atom stereocenters. The molecule has 2 nitrogen and oxygen atoms in total. The van der Waals surface area contributed by atoms with Gasteiger partial charge in [0, 0.05) is 19.6 Å². The predicted octanol–water partition coefficient (Wildman–Crippen LogP) is 3.31. The highest BCUT2D eigenvalue weighted by Crippen LogP contribution is 2.26. The minimum absolute atomic E-state index is 0.0656. The molecular formula is C14H22F2N2. The summed E-state index contributed by atoms with van der Waals surface area (Å²) in [6, 6.07) is 2.91. The van der Waals surface area contributed by atoms with Crippen LogP contribution in [0.4, 0.5) is 14.5 Å². The van der Waals surface area contributed by atoms with Crippen molar-refractivity contribution in [3.63, 3.8) is 0 Å². The van der Waals surface area contributed by atoms with Crippen LogP contribution in [0.3, 0.4) is 0 Å². The first-order valence-corrected chi connectivity index (χ1v) is 6.36. The number of nitrogens with zero attached hydrogens (tertiary/aromatic N) is 1. The Morgan fingerprint density at radius 2 is 1.83 bits per heavy atom. The molecule has 1 aromatic carbocycles. The molecule has 0 fully saturated rings. The van der Waals surface area contributed by atoms with Crippen molar-refractivity contribution in [2.24, 2.45) is 0 Å². The Bertz CT molecular complexity index is 370. The highest BCUT2D eigenvalue weighted by molar-refractivity contribution is 5.50. The molecule has 0 aliphatic rings. The van der Waals surface area contributed by atoms with Crippen molar-refractivity contribution in [1.82, 2.24) is 5.32 Å². The summed E-state index contributed by atoms with van der Waals surface area (Å²) in [4.78, 5) is 1.68. The topological polar surface area (TPSA) is 15.3 Å². The molecule has 1 atom stereocenters. The number of halogens is 2. The number of hydrogen-bond donors (Lipinski definition) is 1. The van der Waals surface area contributed by atoms with Crippen LogP contribution in [0, 0.1) is 11.6 Å². The Balaban J connectivity index is 3.02. The summed E-state index contributed by atoms with van der Waals surface area (Å²) in [6.07, 6.45) is 1.90. The lowest BCUT2D eigenvalue weighted by atomic mass is 10.1. The predicted molar refractivity (Wildman–Crippen MR) is 71.9 cm³/mol. The van der Waals surface area contributed by atoms with E-state index in [0.29, 0.717) is 12.1 Å². The van der Waals surface area contributed by atoms with E-state index >= 15 is 0 Å². The van der Waals surface area contributed by atoms with E-state index in [0.717, 1.165) is 12.8 Å². The molecule has 0 heterocycles. The molecule has 1 rings (SSSR count). The van der Waals surface area contributed by atoms with Crippen LogP contribution in [0.25, 0.3) is 0 Å². The van der Waals surface area contributed by atoms with E-state index in [1.165, 1.54) is 12.1 Å². The van der Waals surface area contributed by atoms with E-state index < -0.39 is 11.6 Å². The van der Waals surface area contributed by atoms with E-state index in [1.807, 2.05) is 6.92 Å². The molecular weight excluding hydrogens is 234 g/mol. The van der Waals surface area contributed by atoms with Crippen LogP contribution in [-0.4, -0.2) is 20.1 Å². The fourth-order valence-electron chi connectivity index (χ4n) is 2.09. The quantitative estimate of drug-likeness (QED) is 0.840. The van der Waals surface area contributed by atoms with Crippen molar-refractivity contribution in [2.45, 2.75) is 39.3 Å². The molecule has 0 aromatic heterocycles. The third-order valence-electron chi connectivity index (χ3n) is 3.18. The SMILES string of the molecule is CCCC(C)N(C)c1c(F)cc(CNC)cc1F. The second-order valence-electron chi connectivity index (χ2n) is 4.69. The van der Waals surface area contributed by atoms with Gasteiger partial charge in [0.15, 0.2) is 0 Å². The summed E-state index contributed by atoms with van der Waals surface area (Å²) >= 11 is 0. The van der Waals surface area contributed by atoms with Gasteiger partial charge in [-0.15, -0.1) is 0 Å². The summed E-state index contributed by atoms with van der Waals surface area (Å²) in [5, 5.41) is 2.88. The summed E-state index contributed by atoms with van der Waals surface area (Å²) in [7, 11) is 3.48. The monoisotopic (exact) mass is 256 g/mol. The van der Waals surface area contributed by atoms with E-state index in [1.54, 1.807) is 19.0 Å². The van der Waals surface area contributed by atoms with Crippen LogP contribution in [0.15, 0.2) is 12.1 Å². The zero-order valence-electron chi connectivity index (χ0n) is 11.6. The Morgan fingerprint density at radius 1 is 1.28 bits per heavy atom. The van der Waals surface area contributed by atoms with Crippen LogP contribution in [0.5, 0.6) is 0 Å². The van der Waals surface area contributed by atoms with Crippen LogP contribution >= 0.6 is 0 Å². The molecule has 0 saturated heterocycles. The van der Waals surface area contributed by atoms with Crippen LogP contribution in [0.1, 0.15) is 32.3 Å². The van der Waals surface area contributed by atoms with Gasteiger partial charge in [0.25, 0.3) is 0 Å². The first-order valence-electron chi connectivity index (χ1n) is 6.36. The molecule has 1 N–H and O–H groups in total. The Hall–Kier alpha value is -1.16. The van der Waals surface area contributed by atoms with E-state index in [4.69, 9.17) is 0 Å². The van der Waals surface area contributed by atoms with Gasteiger partial charge in [0.1, 0.15) is 17.3 Å². The van der Waals surface area contributed by atoms with E-state index in [9.17, 15) is 8.78 Å². The normalized spacial score (nSPS) is 12.6. The minimum Gasteiger partial charge on any atom is -0.367 e. The Labute approximate surface area is 108 Å². The molecule has 102 valence electrons. The summed E-state index contributed by atoms with van der Waals surface area (Å²) in [6.45, 7) is 4.50. The van der Waals surface area contributed by atoms with Crippen molar-refractivity contribution >= 4 is 5.69 Å². The number of nitrogens with one attached hydrogen (secondary N) is 1. The van der Waals surface area contributed by atoms with Crippen molar-refractivity contribution in [1.29, 1.82) is 0 Å². The van der Waals surface area contributed by atoms with Gasteiger partial charge in [-0.25, -0.2) is 8.78 Å². The van der Waals surface area contributed by atoms with E-state index in [-0.39, 0.29) is 11.7 Å². The molecule has 0 spiro atoms. The minimum atomic E-state index is -0.495. The third-order valence-corrected chi connectivity index (χ3v) is 3.18. The van der Waals surface area contributed by atoms with Crippen LogP contribution < -0.4 is 10.2 Å². The van der Waals surface area contributed by atoms with Crippen molar-refractivity contribution in [3.05, 3.63) is 29.3 Å². The standard InChI is InChI=1S/C14H22F2N2/c1-5-6-10(2)18(4)14-12(15)7-11(9-17-3)8-13(14)16/h7-8,10,17H,5-6,9H2,1-4H3. The smallest absolute Gasteiger partial charge is 0.149 e. The number of benzene rings is 1. The molecule has 0 saturated carbocycles. The third kappa shape index (κ3) is 3.42. The maximum atomic E-state index is 14.0. The van der Waals surface area contributed by atoms with Gasteiger partial charge in [0.2, 0.25) is 0 Å². The van der Waals surface area contributed by atoms with Gasteiger partial charge in [0.05, 0.1) is 0 Å². The van der Waals surface area contributed by atoms with Gasteiger partial charge in [-0.05, 0) is 38.1 Å². The average Bonchev–Trinajstić information content (AvgIpc) is 2.28. The molecule has 0 radical (unpaired) electrons. The fourth-order valence-corrected chi connectivity index (χ4v) is 2.09. The molecule has 0 aliphatic carbocycles. The largest absolute Gasteiger partial charge is 0.367 e. The molecule has 0 aliphatic heterocycles. The Kier molecular flexibility index (Phi) is 5.54. The number of hydrogen-bond acceptors (Lipinski definition) is 2. The van der Waals surface area contributed by atoms with Crippen molar-refractivity contribution in [3.8, 4) is 0 Å². The van der Waals surface area contributed by atoms with Gasteiger partial charge < -0.3 is 10.2 Å². The molecule has 1 aromatic rings. The second kappa shape index (κ2) is 6.69. The lowest BCUT2D eigenvalue weighted by Gasteiger charge is -2.27. The highest BCUT2D eigenvalue weighted by Gasteiger charge is 2.18. The fraction of sp³-hybridized carbons (Fsp3) is 0.571. The summed E-state index contributed by atoms with van der Waals surface area (Å²) < 4.78 is 28.0. The van der Waals surface area contributed by atoms with Crippen molar-refractivity contribution < 1.29 is 8.78 Å². The summed E-state index contributed by atoms with van der Waals surface area (Å²) in [5.74, 6) is -0.989. The number of rotatable bonds is 6. The second-order valence-corrected chi connectivity index (χ2v) is 4.69. The molecule has 18 heavy (non-hydrogen) atoms. The number of anilines is 1. The van der Waals surface area contributed by atoms with Crippen LogP contribution in [0.2, 0.25) is 0 Å². The lowest BCUT2D eigenvalue weighted by Crippen LogP contribution is -2.30. The first-order chi connectivity index (χ1) is 8.51. The zero-order valence-corrected chi connectivity index (χ0v) is 11.6. The molecule has 0 bridgehead atoms. The summed E-state index contributed by atoms with van der Waals surface area (Å²) in [5.41, 5.74) is 0.684. The molecule has 0 amide bonds. The highest BCUT2D eigenvalue weighted by atomic mass is 19.1. The average molecular weight is 256 g/mol.